The Hall–Kier alpha value is -2.29. The summed E-state index contributed by atoms with van der Waals surface area (Å²) in [5.74, 6) is -1.12. The summed E-state index contributed by atoms with van der Waals surface area (Å²) >= 11 is 0. The molecule has 9 nitrogen and oxygen atoms in total. The minimum atomic E-state index is -0.866. The summed E-state index contributed by atoms with van der Waals surface area (Å²) in [6.45, 7) is 20.5. The summed E-state index contributed by atoms with van der Waals surface area (Å²) < 4.78 is 16.4. The van der Waals surface area contributed by atoms with Crippen molar-refractivity contribution in [3.05, 3.63) is 12.4 Å². The van der Waals surface area contributed by atoms with Crippen molar-refractivity contribution < 1.29 is 28.6 Å². The first-order valence-corrected chi connectivity index (χ1v) is 11.9. The summed E-state index contributed by atoms with van der Waals surface area (Å²) in [6.07, 6.45) is 2.11. The Bertz CT molecular complexity index is 686. The van der Waals surface area contributed by atoms with Gasteiger partial charge in [-0.2, -0.15) is 0 Å². The molecule has 9 heteroatoms. The molecule has 0 saturated carbocycles. The number of rotatable bonds is 13. The van der Waals surface area contributed by atoms with Gasteiger partial charge in [0.05, 0.1) is 5.82 Å². The van der Waals surface area contributed by atoms with E-state index in [0.717, 1.165) is 12.8 Å². The Kier molecular flexibility index (Phi) is 12.6. The maximum absolute atomic E-state index is 12.8. The van der Waals surface area contributed by atoms with Gasteiger partial charge in [0, 0.05) is 6.42 Å². The van der Waals surface area contributed by atoms with Gasteiger partial charge in [-0.3, -0.25) is 4.79 Å². The predicted molar refractivity (Wildman–Crippen MR) is 133 cm³/mol. The number of esters is 3. The minimum absolute atomic E-state index is 0.00739. The lowest BCUT2D eigenvalue weighted by Crippen LogP contribution is -2.48. The Labute approximate surface area is 205 Å². The van der Waals surface area contributed by atoms with Gasteiger partial charge in [0.15, 0.2) is 0 Å². The largest absolute Gasteiger partial charge is 0.460 e. The van der Waals surface area contributed by atoms with E-state index in [9.17, 15) is 14.4 Å². The van der Waals surface area contributed by atoms with Crippen LogP contribution in [0.25, 0.3) is 0 Å². The number of unbranched alkanes of at least 4 members (excludes halogenated alkanes) is 1. The number of hydrogen-bond donors (Lipinski definition) is 3. The highest BCUT2D eigenvalue weighted by atomic mass is 16.6. The molecule has 0 spiro atoms. The fraction of sp³-hybridized carbons (Fsp3) is 0.800. The van der Waals surface area contributed by atoms with E-state index in [1.165, 1.54) is 0 Å². The predicted octanol–water partition coefficient (Wildman–Crippen LogP) is 3.31. The van der Waals surface area contributed by atoms with Gasteiger partial charge in [-0.25, -0.2) is 9.59 Å². The van der Waals surface area contributed by atoms with Crippen LogP contribution in [-0.2, 0) is 28.6 Å². The number of hydrogen-bond acceptors (Lipinski definition) is 9. The zero-order valence-electron chi connectivity index (χ0n) is 22.6. The highest BCUT2D eigenvalue weighted by molar-refractivity contribution is 5.78. The van der Waals surface area contributed by atoms with Crippen LogP contribution in [0.5, 0.6) is 0 Å². The number of nitrogens with one attached hydrogen (secondary N) is 2. The quantitative estimate of drug-likeness (QED) is 0.204. The number of ether oxygens (including phenoxy) is 3. The topological polar surface area (TPSA) is 129 Å². The van der Waals surface area contributed by atoms with Crippen LogP contribution in [0.3, 0.4) is 0 Å². The molecule has 2 atom stereocenters. The van der Waals surface area contributed by atoms with Crippen molar-refractivity contribution in [3.63, 3.8) is 0 Å². The van der Waals surface area contributed by atoms with Crippen LogP contribution in [0, 0.1) is 0 Å². The minimum Gasteiger partial charge on any atom is -0.460 e. The van der Waals surface area contributed by atoms with E-state index >= 15 is 0 Å². The second-order valence-corrected chi connectivity index (χ2v) is 11.3. The number of carbonyl (C=O) groups is 3. The van der Waals surface area contributed by atoms with Crippen molar-refractivity contribution >= 4 is 17.9 Å². The third kappa shape index (κ3) is 16.3. The molecule has 0 fully saturated rings. The molecule has 0 amide bonds. The van der Waals surface area contributed by atoms with Crippen LogP contribution in [-0.4, -0.2) is 53.3 Å². The first-order chi connectivity index (χ1) is 15.3. The Balaban J connectivity index is 5.37. The second-order valence-electron chi connectivity index (χ2n) is 11.3. The van der Waals surface area contributed by atoms with E-state index in [0.29, 0.717) is 13.0 Å². The number of nitrogens with two attached hydrogens (primary N) is 1. The third-order valence-corrected chi connectivity index (χ3v) is 4.08. The normalized spacial score (nSPS) is 13.9. The van der Waals surface area contributed by atoms with Gasteiger partial charge in [0.25, 0.3) is 0 Å². The van der Waals surface area contributed by atoms with Crippen molar-refractivity contribution in [1.82, 2.24) is 10.6 Å². The lowest BCUT2D eigenvalue weighted by Gasteiger charge is -2.29. The van der Waals surface area contributed by atoms with Gasteiger partial charge in [-0.1, -0.05) is 6.58 Å². The Morgan fingerprint density at radius 3 is 1.53 bits per heavy atom. The summed E-state index contributed by atoms with van der Waals surface area (Å²) in [5, 5.41) is 6.00. The van der Waals surface area contributed by atoms with E-state index in [4.69, 9.17) is 19.9 Å². The molecule has 0 rings (SSSR count). The fourth-order valence-electron chi connectivity index (χ4n) is 2.85. The number of carbonyl (C=O) groups excluding carboxylic acids is 3. The molecule has 4 N–H and O–H groups in total. The molecule has 0 aromatic carbocycles. The van der Waals surface area contributed by atoms with Gasteiger partial charge >= 0.3 is 17.9 Å². The molecule has 0 aliphatic carbocycles. The van der Waals surface area contributed by atoms with Crippen LogP contribution in [0.1, 0.15) is 94.4 Å². The molecule has 0 bridgehead atoms. The first-order valence-electron chi connectivity index (χ1n) is 11.9. The monoisotopic (exact) mass is 485 g/mol. The third-order valence-electron chi connectivity index (χ3n) is 4.08. The molecule has 0 radical (unpaired) electrons. The molecule has 0 saturated heterocycles. The molecule has 0 unspecified atom stereocenters. The molecule has 0 aliphatic rings. The molecular formula is C25H47N3O6. The van der Waals surface area contributed by atoms with E-state index in [2.05, 4.69) is 17.2 Å². The second kappa shape index (κ2) is 13.6. The highest BCUT2D eigenvalue weighted by Crippen LogP contribution is 2.15. The van der Waals surface area contributed by atoms with Gasteiger partial charge in [0.2, 0.25) is 0 Å². The van der Waals surface area contributed by atoms with Gasteiger partial charge in [0.1, 0.15) is 28.9 Å². The van der Waals surface area contributed by atoms with Crippen LogP contribution in [0.2, 0.25) is 0 Å². The van der Waals surface area contributed by atoms with Crippen LogP contribution in [0.15, 0.2) is 12.4 Å². The molecule has 34 heavy (non-hydrogen) atoms. The smallest absolute Gasteiger partial charge is 0.329 e. The standard InChI is InChI=1S/C25H47N3O6/c1-17(27-18(13-11-12-16-26)21(30)33-24(5,6)7)28-19(22(31)34-25(8,9)10)14-15-20(29)32-23(2,3)4/h18-19,27-28H,1,11-16,26H2,2-10H3/t18-,19-/m0/s1. The van der Waals surface area contributed by atoms with Crippen molar-refractivity contribution in [1.29, 1.82) is 0 Å². The zero-order chi connectivity index (χ0) is 26.7. The molecular weight excluding hydrogens is 438 g/mol. The Morgan fingerprint density at radius 2 is 1.15 bits per heavy atom. The van der Waals surface area contributed by atoms with Crippen LogP contribution < -0.4 is 16.4 Å². The van der Waals surface area contributed by atoms with Gasteiger partial charge in [-0.15, -0.1) is 0 Å². The summed E-state index contributed by atoms with van der Waals surface area (Å²) in [6, 6.07) is -1.54. The van der Waals surface area contributed by atoms with Crippen molar-refractivity contribution in [2.75, 3.05) is 6.54 Å². The van der Waals surface area contributed by atoms with Crippen LogP contribution >= 0.6 is 0 Å². The van der Waals surface area contributed by atoms with Gasteiger partial charge in [-0.05, 0) is 94.5 Å². The molecule has 0 aliphatic heterocycles. The fourth-order valence-corrected chi connectivity index (χ4v) is 2.85. The summed E-state index contributed by atoms with van der Waals surface area (Å²) in [4.78, 5) is 37.7. The Morgan fingerprint density at radius 1 is 0.735 bits per heavy atom. The van der Waals surface area contributed by atoms with Crippen molar-refractivity contribution in [2.45, 2.75) is 123 Å². The average Bonchev–Trinajstić information content (AvgIpc) is 2.60. The van der Waals surface area contributed by atoms with E-state index in [-0.39, 0.29) is 18.7 Å². The average molecular weight is 486 g/mol. The highest BCUT2D eigenvalue weighted by Gasteiger charge is 2.29. The summed E-state index contributed by atoms with van der Waals surface area (Å²) in [5.41, 5.74) is 3.60. The molecule has 0 aromatic rings. The first kappa shape index (κ1) is 31.7. The van der Waals surface area contributed by atoms with Crippen molar-refractivity contribution in [3.8, 4) is 0 Å². The lowest BCUT2D eigenvalue weighted by atomic mass is 10.1. The van der Waals surface area contributed by atoms with Crippen LogP contribution in [0.4, 0.5) is 0 Å². The van der Waals surface area contributed by atoms with Gasteiger partial charge < -0.3 is 30.6 Å². The molecule has 0 heterocycles. The maximum atomic E-state index is 12.8. The van der Waals surface area contributed by atoms with E-state index in [1.807, 2.05) is 0 Å². The summed E-state index contributed by atoms with van der Waals surface area (Å²) in [7, 11) is 0. The maximum Gasteiger partial charge on any atom is 0.329 e. The molecule has 198 valence electrons. The van der Waals surface area contributed by atoms with Crippen molar-refractivity contribution in [2.24, 2.45) is 5.73 Å². The zero-order valence-corrected chi connectivity index (χ0v) is 22.6. The molecule has 0 aromatic heterocycles. The SMILES string of the molecule is C=C(N[C@@H](CCCCN)C(=O)OC(C)(C)C)N[C@@H](CCC(=O)OC(C)(C)C)C(=O)OC(C)(C)C. The lowest BCUT2D eigenvalue weighted by molar-refractivity contribution is -0.159. The van der Waals surface area contributed by atoms with E-state index in [1.54, 1.807) is 62.3 Å². The van der Waals surface area contributed by atoms with E-state index < -0.39 is 46.8 Å².